The molecule has 2 aromatic carbocycles. The van der Waals surface area contributed by atoms with Crippen LogP contribution in [0.25, 0.3) is 5.69 Å². The first kappa shape index (κ1) is 18.7. The summed E-state index contributed by atoms with van der Waals surface area (Å²) >= 11 is 0. The highest BCUT2D eigenvalue weighted by molar-refractivity contribution is 5.62. The van der Waals surface area contributed by atoms with Crippen molar-refractivity contribution in [1.29, 1.82) is 0 Å². The van der Waals surface area contributed by atoms with E-state index in [1.165, 1.54) is 0 Å². The summed E-state index contributed by atoms with van der Waals surface area (Å²) in [5, 5.41) is 16.2. The Labute approximate surface area is 160 Å². The largest absolute Gasteiger partial charge is 0.497 e. The highest BCUT2D eigenvalue weighted by Crippen LogP contribution is 2.22. The van der Waals surface area contributed by atoms with E-state index in [1.807, 2.05) is 66.8 Å². The molecule has 1 heterocycles. The normalized spacial score (nSPS) is 10.9. The lowest BCUT2D eigenvalue weighted by Crippen LogP contribution is -2.39. The number of benzene rings is 2. The first-order valence-electron chi connectivity index (χ1n) is 9.07. The monoisotopic (exact) mass is 366 g/mol. The van der Waals surface area contributed by atoms with E-state index in [2.05, 4.69) is 34.5 Å². The van der Waals surface area contributed by atoms with Gasteiger partial charge in [-0.1, -0.05) is 25.1 Å². The van der Waals surface area contributed by atoms with E-state index in [0.717, 1.165) is 41.7 Å². The Morgan fingerprint density at radius 3 is 2.44 bits per heavy atom. The fourth-order valence-electron chi connectivity index (χ4n) is 2.89. The van der Waals surface area contributed by atoms with E-state index in [4.69, 9.17) is 4.74 Å². The van der Waals surface area contributed by atoms with Gasteiger partial charge in [0.05, 0.1) is 19.0 Å². The number of rotatable bonds is 8. The average molecular weight is 366 g/mol. The zero-order valence-corrected chi connectivity index (χ0v) is 16.3. The number of hydrogen-bond donors (Lipinski definition) is 1. The molecule has 3 aromatic rings. The fraction of sp³-hybridized carbons (Fsp3) is 0.300. The van der Waals surface area contributed by atoms with Crippen LogP contribution in [0.1, 0.15) is 13.8 Å². The van der Waals surface area contributed by atoms with Crippen molar-refractivity contribution >= 4 is 17.2 Å². The third-order valence-corrected chi connectivity index (χ3v) is 4.46. The Morgan fingerprint density at radius 2 is 1.78 bits per heavy atom. The second kappa shape index (κ2) is 8.55. The Balaban J connectivity index is 1.77. The van der Waals surface area contributed by atoms with Crippen molar-refractivity contribution in [2.24, 2.45) is 0 Å². The lowest BCUT2D eigenvalue weighted by molar-refractivity contribution is 0.291. The van der Waals surface area contributed by atoms with E-state index in [-0.39, 0.29) is 0 Å². The molecule has 0 amide bonds. The Bertz CT molecular complexity index is 857. The summed E-state index contributed by atoms with van der Waals surface area (Å²) in [7, 11) is 3.67. The maximum absolute atomic E-state index is 5.20. The molecule has 142 valence electrons. The molecule has 0 spiro atoms. The predicted molar refractivity (Wildman–Crippen MR) is 109 cm³/mol. The van der Waals surface area contributed by atoms with Gasteiger partial charge in [0, 0.05) is 31.5 Å². The quantitative estimate of drug-likeness (QED) is 0.613. The van der Waals surface area contributed by atoms with Crippen LogP contribution in [0.3, 0.4) is 0 Å². The minimum atomic E-state index is 0.812. The summed E-state index contributed by atoms with van der Waals surface area (Å²) in [4.78, 5) is 0. The molecule has 0 aliphatic rings. The Hall–Kier alpha value is -3.06. The van der Waals surface area contributed by atoms with Crippen molar-refractivity contribution in [2.75, 3.05) is 37.6 Å². The van der Waals surface area contributed by atoms with Crippen LogP contribution in [0.2, 0.25) is 0 Å². The van der Waals surface area contributed by atoms with Crippen LogP contribution in [-0.4, -0.2) is 47.2 Å². The highest BCUT2D eigenvalue weighted by Gasteiger charge is 2.12. The van der Waals surface area contributed by atoms with Crippen molar-refractivity contribution in [3.8, 4) is 11.4 Å². The molecule has 7 heteroatoms. The zero-order valence-electron chi connectivity index (χ0n) is 16.3. The number of nitrogens with zero attached hydrogens (tertiary/aromatic N) is 5. The van der Waals surface area contributed by atoms with E-state index >= 15 is 0 Å². The molecule has 0 atom stereocenters. The van der Waals surface area contributed by atoms with E-state index < -0.39 is 0 Å². The minimum Gasteiger partial charge on any atom is -0.497 e. The second-order valence-electron chi connectivity index (χ2n) is 6.09. The lowest BCUT2D eigenvalue weighted by Gasteiger charge is -2.29. The van der Waals surface area contributed by atoms with Crippen LogP contribution in [0.15, 0.2) is 54.7 Å². The Morgan fingerprint density at radius 1 is 1.04 bits per heavy atom. The molecule has 1 aromatic heterocycles. The van der Waals surface area contributed by atoms with E-state index in [0.29, 0.717) is 0 Å². The third kappa shape index (κ3) is 4.38. The van der Waals surface area contributed by atoms with Crippen molar-refractivity contribution in [3.63, 3.8) is 0 Å². The predicted octanol–water partition coefficient (Wildman–Crippen LogP) is 3.71. The number of nitrogens with one attached hydrogen (secondary N) is 1. The van der Waals surface area contributed by atoms with Crippen LogP contribution in [0.5, 0.6) is 5.75 Å². The van der Waals surface area contributed by atoms with Gasteiger partial charge >= 0.3 is 0 Å². The molecule has 0 saturated carbocycles. The first-order valence-corrected chi connectivity index (χ1v) is 9.07. The summed E-state index contributed by atoms with van der Waals surface area (Å²) in [5.74, 6) is 1.65. The lowest BCUT2D eigenvalue weighted by atomic mass is 10.2. The van der Waals surface area contributed by atoms with Crippen LogP contribution in [-0.2, 0) is 0 Å². The van der Waals surface area contributed by atoms with Gasteiger partial charge in [-0.2, -0.15) is 0 Å². The van der Waals surface area contributed by atoms with Crippen LogP contribution in [0.4, 0.5) is 17.2 Å². The number of hydrazine groups is 1. The summed E-state index contributed by atoms with van der Waals surface area (Å²) in [6.45, 7) is 6.08. The summed E-state index contributed by atoms with van der Waals surface area (Å²) < 4.78 is 6.98. The topological polar surface area (TPSA) is 58.5 Å². The number of ether oxygens (including phenoxy) is 1. The van der Waals surface area contributed by atoms with Crippen molar-refractivity contribution in [2.45, 2.75) is 13.8 Å². The van der Waals surface area contributed by atoms with Gasteiger partial charge in [-0.25, -0.2) is 9.69 Å². The molecule has 7 nitrogen and oxygen atoms in total. The van der Waals surface area contributed by atoms with Gasteiger partial charge in [0.2, 0.25) is 0 Å². The highest BCUT2D eigenvalue weighted by atomic mass is 16.5. The van der Waals surface area contributed by atoms with Gasteiger partial charge in [-0.05, 0) is 42.5 Å². The maximum Gasteiger partial charge on any atom is 0.185 e. The molecule has 0 saturated heterocycles. The molecule has 0 fully saturated rings. The summed E-state index contributed by atoms with van der Waals surface area (Å²) in [5.41, 5.74) is 2.92. The van der Waals surface area contributed by atoms with Crippen molar-refractivity contribution in [1.82, 2.24) is 20.0 Å². The molecule has 0 aliphatic carbocycles. The first-order chi connectivity index (χ1) is 13.1. The molecular formula is C20H26N6O. The molecule has 0 radical (unpaired) electrons. The summed E-state index contributed by atoms with van der Waals surface area (Å²) in [6.07, 6.45) is 1.94. The third-order valence-electron chi connectivity index (χ3n) is 4.46. The molecule has 1 N–H and O–H groups in total. The molecule has 0 bridgehead atoms. The van der Waals surface area contributed by atoms with Gasteiger partial charge in [0.25, 0.3) is 0 Å². The molecule has 0 unspecified atom stereocenters. The molecule has 0 aliphatic heterocycles. The fourth-order valence-corrected chi connectivity index (χ4v) is 2.89. The second-order valence-corrected chi connectivity index (χ2v) is 6.09. The smallest absolute Gasteiger partial charge is 0.185 e. The van der Waals surface area contributed by atoms with Crippen LogP contribution >= 0.6 is 0 Å². The number of aromatic nitrogens is 3. The van der Waals surface area contributed by atoms with Gasteiger partial charge in [0.1, 0.15) is 5.75 Å². The van der Waals surface area contributed by atoms with Gasteiger partial charge in [0.15, 0.2) is 5.82 Å². The number of methoxy groups -OCH3 is 1. The molecule has 3 rings (SSSR count). The van der Waals surface area contributed by atoms with E-state index in [1.54, 1.807) is 11.8 Å². The van der Waals surface area contributed by atoms with Crippen LogP contribution in [0, 0.1) is 0 Å². The maximum atomic E-state index is 5.20. The molecule has 27 heavy (non-hydrogen) atoms. The van der Waals surface area contributed by atoms with E-state index in [9.17, 15) is 0 Å². The Kier molecular flexibility index (Phi) is 5.93. The van der Waals surface area contributed by atoms with Gasteiger partial charge < -0.3 is 10.1 Å². The number of hydrogen-bond acceptors (Lipinski definition) is 6. The standard InChI is InChI=1S/C20H26N6O/c1-5-25(6-2)24(3)20-15-26(23-22-20)18-9-7-8-17(14-18)21-16-10-12-19(27-4)13-11-16/h7-15,21H,5-6H2,1-4H3. The van der Waals surface area contributed by atoms with Gasteiger partial charge in [-0.3, -0.25) is 5.01 Å². The van der Waals surface area contributed by atoms with Gasteiger partial charge in [-0.15, -0.1) is 5.10 Å². The minimum absolute atomic E-state index is 0.812. The summed E-state index contributed by atoms with van der Waals surface area (Å²) in [6, 6.07) is 15.9. The van der Waals surface area contributed by atoms with Crippen molar-refractivity contribution in [3.05, 3.63) is 54.7 Å². The van der Waals surface area contributed by atoms with Crippen molar-refractivity contribution < 1.29 is 4.74 Å². The SMILES string of the molecule is CCN(CC)N(C)c1cn(-c2cccc(Nc3ccc(OC)cc3)c2)nn1. The van der Waals surface area contributed by atoms with Crippen LogP contribution < -0.4 is 15.1 Å². The molecular weight excluding hydrogens is 340 g/mol. The average Bonchev–Trinajstić information content (AvgIpc) is 3.20. The number of anilines is 3. The zero-order chi connectivity index (χ0) is 19.2.